The lowest BCUT2D eigenvalue weighted by molar-refractivity contribution is 1.07. The number of para-hydroxylation sites is 1. The molecule has 0 radical (unpaired) electrons. The molecule has 9 aromatic carbocycles. The van der Waals surface area contributed by atoms with Gasteiger partial charge in [0.05, 0.1) is 11.0 Å². The summed E-state index contributed by atoms with van der Waals surface area (Å²) >= 11 is 1.85. The molecule has 0 bridgehead atoms. The van der Waals surface area contributed by atoms with Crippen molar-refractivity contribution in [3.05, 3.63) is 218 Å². The van der Waals surface area contributed by atoms with Crippen LogP contribution >= 0.6 is 11.3 Å². The predicted molar refractivity (Wildman–Crippen MR) is 260 cm³/mol. The lowest BCUT2D eigenvalue weighted by Gasteiger charge is -2.15. The minimum atomic E-state index is 0.608. The van der Waals surface area contributed by atoms with Gasteiger partial charge in [-0.1, -0.05) is 182 Å². The maximum Gasteiger partial charge on any atom is 0.164 e. The summed E-state index contributed by atoms with van der Waals surface area (Å²) in [4.78, 5) is 15.6. The smallest absolute Gasteiger partial charge is 0.164 e. The molecule has 0 amide bonds. The average molecular weight is 809 g/mol. The molecule has 4 nitrogen and oxygen atoms in total. The zero-order valence-electron chi connectivity index (χ0n) is 33.5. The van der Waals surface area contributed by atoms with Crippen molar-refractivity contribution >= 4 is 53.3 Å². The fourth-order valence-electron chi connectivity index (χ4n) is 8.85. The van der Waals surface area contributed by atoms with Crippen molar-refractivity contribution in [1.29, 1.82) is 0 Å². The highest BCUT2D eigenvalue weighted by Gasteiger charge is 2.21. The van der Waals surface area contributed by atoms with Crippen LogP contribution in [-0.4, -0.2) is 19.5 Å². The summed E-state index contributed by atoms with van der Waals surface area (Å²) < 4.78 is 5.01. The molecule has 0 fully saturated rings. The van der Waals surface area contributed by atoms with E-state index in [1.807, 2.05) is 35.6 Å². The molecule has 0 atom stereocenters. The van der Waals surface area contributed by atoms with Crippen molar-refractivity contribution < 1.29 is 0 Å². The highest BCUT2D eigenvalue weighted by Crippen LogP contribution is 2.44. The van der Waals surface area contributed by atoms with Crippen LogP contribution in [0.2, 0.25) is 0 Å². The second-order valence-electron chi connectivity index (χ2n) is 15.6. The first-order chi connectivity index (χ1) is 30.7. The van der Waals surface area contributed by atoms with Crippen LogP contribution in [0.15, 0.2) is 218 Å². The Morgan fingerprint density at radius 3 is 1.39 bits per heavy atom. The van der Waals surface area contributed by atoms with Crippen molar-refractivity contribution in [3.8, 4) is 73.2 Å². The van der Waals surface area contributed by atoms with Gasteiger partial charge in [0.15, 0.2) is 17.5 Å². The molecular formula is C57H36N4S. The number of nitrogens with zero attached hydrogens (tertiary/aromatic N) is 4. The quantitative estimate of drug-likeness (QED) is 0.161. The van der Waals surface area contributed by atoms with Gasteiger partial charge >= 0.3 is 0 Å². The van der Waals surface area contributed by atoms with E-state index in [9.17, 15) is 0 Å². The summed E-state index contributed by atoms with van der Waals surface area (Å²) in [5.74, 6) is 1.85. The number of benzene rings is 9. The molecule has 0 spiro atoms. The molecule has 12 rings (SSSR count). The fourth-order valence-corrected chi connectivity index (χ4v) is 9.96. The normalized spacial score (nSPS) is 11.5. The van der Waals surface area contributed by atoms with Crippen molar-refractivity contribution in [2.75, 3.05) is 0 Å². The first kappa shape index (κ1) is 35.9. The summed E-state index contributed by atoms with van der Waals surface area (Å²) in [7, 11) is 0. The number of thiophene rings is 1. The Bertz CT molecular complexity index is 3590. The number of hydrogen-bond donors (Lipinski definition) is 0. The second-order valence-corrected chi connectivity index (χ2v) is 16.7. The summed E-state index contributed by atoms with van der Waals surface area (Å²) in [6.07, 6.45) is 0. The first-order valence-corrected chi connectivity index (χ1v) is 21.7. The maximum absolute atomic E-state index is 5.29. The van der Waals surface area contributed by atoms with Crippen LogP contribution in [0.3, 0.4) is 0 Å². The molecule has 0 aliphatic heterocycles. The summed E-state index contributed by atoms with van der Waals surface area (Å²) in [5.41, 5.74) is 13.0. The summed E-state index contributed by atoms with van der Waals surface area (Å²) in [6.45, 7) is 0. The van der Waals surface area contributed by atoms with E-state index in [0.29, 0.717) is 17.5 Å². The number of hydrogen-bond acceptors (Lipinski definition) is 4. The largest absolute Gasteiger partial charge is 0.309 e. The Hall–Kier alpha value is -7.99. The van der Waals surface area contributed by atoms with E-state index in [0.717, 1.165) is 44.6 Å². The van der Waals surface area contributed by atoms with E-state index in [1.165, 1.54) is 53.2 Å². The van der Waals surface area contributed by atoms with E-state index in [4.69, 9.17) is 15.0 Å². The van der Waals surface area contributed by atoms with Gasteiger partial charge < -0.3 is 4.57 Å². The molecule has 5 heteroatoms. The molecule has 0 unspecified atom stereocenters. The SMILES string of the molecule is c1ccc(-c2ccc(-c3cc(-c4nc(-c5ccccc5)nc(-c5ccc(-c6ccccc6)cc5)n4)cc(-n4c5ccccc5c5ccc6sc7ccccc7c6c54)c3)cc2)cc1. The molecule has 290 valence electrons. The van der Waals surface area contributed by atoms with Crippen LogP contribution in [0.25, 0.3) is 115 Å². The third-order valence-corrected chi connectivity index (χ3v) is 13.0. The lowest BCUT2D eigenvalue weighted by atomic mass is 9.98. The van der Waals surface area contributed by atoms with Gasteiger partial charge in [0.25, 0.3) is 0 Å². The van der Waals surface area contributed by atoms with Crippen LogP contribution in [0.4, 0.5) is 0 Å². The Morgan fingerprint density at radius 2 is 0.758 bits per heavy atom. The van der Waals surface area contributed by atoms with Gasteiger partial charge in [0.2, 0.25) is 0 Å². The van der Waals surface area contributed by atoms with Gasteiger partial charge in [0, 0.05) is 53.3 Å². The molecule has 3 heterocycles. The highest BCUT2D eigenvalue weighted by atomic mass is 32.1. The fraction of sp³-hybridized carbons (Fsp3) is 0. The molecule has 0 aliphatic rings. The van der Waals surface area contributed by atoms with Gasteiger partial charge in [0.1, 0.15) is 0 Å². The Morgan fingerprint density at radius 1 is 0.306 bits per heavy atom. The van der Waals surface area contributed by atoms with Gasteiger partial charge in [-0.3, -0.25) is 0 Å². The first-order valence-electron chi connectivity index (χ1n) is 20.8. The van der Waals surface area contributed by atoms with Crippen molar-refractivity contribution in [3.63, 3.8) is 0 Å². The second kappa shape index (κ2) is 14.9. The van der Waals surface area contributed by atoms with Gasteiger partial charge in [-0.2, -0.15) is 0 Å². The van der Waals surface area contributed by atoms with Crippen LogP contribution in [0, 0.1) is 0 Å². The van der Waals surface area contributed by atoms with Gasteiger partial charge in [-0.15, -0.1) is 11.3 Å². The molecular weight excluding hydrogens is 773 g/mol. The van der Waals surface area contributed by atoms with Crippen LogP contribution in [0.5, 0.6) is 0 Å². The number of fused-ring (bicyclic) bond motifs is 7. The molecule has 12 aromatic rings. The molecule has 0 N–H and O–H groups in total. The molecule has 0 saturated carbocycles. The highest BCUT2D eigenvalue weighted by molar-refractivity contribution is 7.26. The lowest BCUT2D eigenvalue weighted by Crippen LogP contribution is -2.02. The topological polar surface area (TPSA) is 43.6 Å². The minimum Gasteiger partial charge on any atom is -0.309 e. The van der Waals surface area contributed by atoms with E-state index < -0.39 is 0 Å². The van der Waals surface area contributed by atoms with Crippen molar-refractivity contribution in [1.82, 2.24) is 19.5 Å². The number of aromatic nitrogens is 4. The minimum absolute atomic E-state index is 0.608. The maximum atomic E-state index is 5.29. The Kier molecular flexibility index (Phi) is 8.65. The molecule has 62 heavy (non-hydrogen) atoms. The van der Waals surface area contributed by atoms with E-state index in [-0.39, 0.29) is 0 Å². The molecule has 0 saturated heterocycles. The Labute approximate surface area is 362 Å². The third-order valence-electron chi connectivity index (χ3n) is 11.9. The van der Waals surface area contributed by atoms with Crippen LogP contribution in [0.1, 0.15) is 0 Å². The molecule has 0 aliphatic carbocycles. The van der Waals surface area contributed by atoms with Crippen molar-refractivity contribution in [2.24, 2.45) is 0 Å². The standard InChI is InChI=1S/C57H36N4S/c1-4-14-37(15-5-1)39-24-26-41(27-25-39)44-34-45(57-59-55(42-18-8-3-9-19-42)58-56(60-57)43-30-28-40(29-31-43)38-16-6-2-7-17-38)36-46(35-44)61-50-22-12-10-20-47(50)48-32-33-52-53(54(48)61)49-21-11-13-23-51(49)62-52/h1-36H. The summed E-state index contributed by atoms with van der Waals surface area (Å²) in [6, 6.07) is 77.5. The Balaban J connectivity index is 1.11. The van der Waals surface area contributed by atoms with E-state index in [2.05, 4.69) is 199 Å². The van der Waals surface area contributed by atoms with Crippen molar-refractivity contribution in [2.45, 2.75) is 0 Å². The van der Waals surface area contributed by atoms with E-state index >= 15 is 0 Å². The average Bonchev–Trinajstić information content (AvgIpc) is 3.91. The predicted octanol–water partition coefficient (Wildman–Crippen LogP) is 15.3. The van der Waals surface area contributed by atoms with Crippen LogP contribution in [-0.2, 0) is 0 Å². The third kappa shape index (κ3) is 6.26. The zero-order chi connectivity index (χ0) is 41.0. The zero-order valence-corrected chi connectivity index (χ0v) is 34.3. The van der Waals surface area contributed by atoms with Gasteiger partial charge in [-0.25, -0.2) is 15.0 Å². The monoisotopic (exact) mass is 808 g/mol. The summed E-state index contributed by atoms with van der Waals surface area (Å²) in [5, 5.41) is 4.98. The van der Waals surface area contributed by atoms with Crippen LogP contribution < -0.4 is 0 Å². The molecule has 3 aromatic heterocycles. The van der Waals surface area contributed by atoms with E-state index in [1.54, 1.807) is 0 Å². The number of rotatable bonds is 7. The van der Waals surface area contributed by atoms with Gasteiger partial charge in [-0.05, 0) is 69.8 Å².